The van der Waals surface area contributed by atoms with Crippen LogP contribution in [0, 0.1) is 17.0 Å². The molecule has 0 aliphatic carbocycles. The van der Waals surface area contributed by atoms with E-state index >= 15 is 0 Å². The fourth-order valence-electron chi connectivity index (χ4n) is 3.33. The highest BCUT2D eigenvalue weighted by Crippen LogP contribution is 2.32. The zero-order chi connectivity index (χ0) is 22.3. The summed E-state index contributed by atoms with van der Waals surface area (Å²) in [5.74, 6) is -1.99. The minimum absolute atomic E-state index is 0.100. The summed E-state index contributed by atoms with van der Waals surface area (Å²) < 4.78 is 0. The Morgan fingerprint density at radius 1 is 1.00 bits per heavy atom. The summed E-state index contributed by atoms with van der Waals surface area (Å²) in [7, 11) is 0. The van der Waals surface area contributed by atoms with Gasteiger partial charge in [-0.15, -0.1) is 0 Å². The Bertz CT molecular complexity index is 1250. The molecule has 0 spiro atoms. The molecule has 0 atom stereocenters. The van der Waals surface area contributed by atoms with Crippen molar-refractivity contribution in [2.45, 2.75) is 6.92 Å². The molecule has 2 N–H and O–H groups in total. The molecule has 31 heavy (non-hydrogen) atoms. The average Bonchev–Trinajstić information content (AvgIpc) is 3.00. The number of aryl methyl sites for hydroxylation is 1. The van der Waals surface area contributed by atoms with Crippen molar-refractivity contribution in [3.63, 3.8) is 0 Å². The number of rotatable bonds is 4. The number of anilines is 2. The van der Waals surface area contributed by atoms with Crippen LogP contribution < -0.4 is 10.2 Å². The molecule has 9 heteroatoms. The van der Waals surface area contributed by atoms with Gasteiger partial charge in [-0.1, -0.05) is 18.2 Å². The molecule has 1 aliphatic rings. The summed E-state index contributed by atoms with van der Waals surface area (Å²) in [4.78, 5) is 49.6. The number of hydrogen-bond acceptors (Lipinski definition) is 6. The maximum absolute atomic E-state index is 12.8. The van der Waals surface area contributed by atoms with Crippen molar-refractivity contribution in [3.05, 3.63) is 93.0 Å². The van der Waals surface area contributed by atoms with Crippen molar-refractivity contribution in [1.82, 2.24) is 0 Å². The zero-order valence-electron chi connectivity index (χ0n) is 16.2. The van der Waals surface area contributed by atoms with Gasteiger partial charge < -0.3 is 10.4 Å². The zero-order valence-corrected chi connectivity index (χ0v) is 16.2. The van der Waals surface area contributed by atoms with E-state index in [9.17, 15) is 29.6 Å². The van der Waals surface area contributed by atoms with Gasteiger partial charge in [0.1, 0.15) is 5.75 Å². The van der Waals surface area contributed by atoms with E-state index in [1.165, 1.54) is 12.1 Å². The molecule has 1 aliphatic heterocycles. The van der Waals surface area contributed by atoms with Crippen molar-refractivity contribution in [2.75, 3.05) is 10.2 Å². The molecule has 0 fully saturated rings. The number of imide groups is 1. The van der Waals surface area contributed by atoms with Crippen LogP contribution in [0.25, 0.3) is 0 Å². The molecule has 1 heterocycles. The highest BCUT2D eigenvalue weighted by atomic mass is 16.6. The van der Waals surface area contributed by atoms with Gasteiger partial charge in [0.2, 0.25) is 0 Å². The topological polar surface area (TPSA) is 130 Å². The average molecular weight is 417 g/mol. The van der Waals surface area contributed by atoms with E-state index in [4.69, 9.17) is 0 Å². The van der Waals surface area contributed by atoms with Crippen LogP contribution in [-0.4, -0.2) is 27.8 Å². The monoisotopic (exact) mass is 417 g/mol. The number of hydrogen-bond donors (Lipinski definition) is 2. The minimum atomic E-state index is -0.673. The van der Waals surface area contributed by atoms with Crippen LogP contribution >= 0.6 is 0 Å². The van der Waals surface area contributed by atoms with Crippen molar-refractivity contribution in [1.29, 1.82) is 0 Å². The molecule has 3 aromatic carbocycles. The Labute approximate surface area is 175 Å². The van der Waals surface area contributed by atoms with Gasteiger partial charge in [0.05, 0.1) is 27.4 Å². The van der Waals surface area contributed by atoms with Crippen LogP contribution in [0.15, 0.2) is 60.7 Å². The van der Waals surface area contributed by atoms with Gasteiger partial charge in [-0.25, -0.2) is 4.90 Å². The Morgan fingerprint density at radius 2 is 1.65 bits per heavy atom. The summed E-state index contributed by atoms with van der Waals surface area (Å²) in [6.07, 6.45) is 0. The normalized spacial score (nSPS) is 12.6. The Hall–Kier alpha value is -4.53. The van der Waals surface area contributed by atoms with Crippen LogP contribution in [0.3, 0.4) is 0 Å². The van der Waals surface area contributed by atoms with Gasteiger partial charge in [-0.2, -0.15) is 0 Å². The van der Waals surface area contributed by atoms with Crippen LogP contribution in [0.5, 0.6) is 5.75 Å². The van der Waals surface area contributed by atoms with Crippen molar-refractivity contribution in [2.24, 2.45) is 0 Å². The SMILES string of the molecule is Cc1ccc(C(=O)Nc2cc([N+](=O)[O-])ccc2O)cc1N1C(=O)c2ccccc2C1=O. The van der Waals surface area contributed by atoms with E-state index in [0.717, 1.165) is 23.1 Å². The lowest BCUT2D eigenvalue weighted by Gasteiger charge is -2.18. The van der Waals surface area contributed by atoms with E-state index in [1.54, 1.807) is 37.3 Å². The second-order valence-electron chi connectivity index (χ2n) is 6.91. The number of phenolic OH excluding ortho intramolecular Hbond substituents is 1. The summed E-state index contributed by atoms with van der Waals surface area (Å²) in [5.41, 5.74) is 1.08. The third kappa shape index (κ3) is 3.38. The summed E-state index contributed by atoms with van der Waals surface area (Å²) in [6.45, 7) is 1.70. The summed E-state index contributed by atoms with van der Waals surface area (Å²) in [6, 6.07) is 14.2. The first kappa shape index (κ1) is 19.8. The third-order valence-corrected chi connectivity index (χ3v) is 4.95. The van der Waals surface area contributed by atoms with Crippen molar-refractivity contribution >= 4 is 34.8 Å². The number of fused-ring (bicyclic) bond motifs is 1. The van der Waals surface area contributed by atoms with Gasteiger partial charge in [0.15, 0.2) is 0 Å². The van der Waals surface area contributed by atoms with Gasteiger partial charge in [0, 0.05) is 17.7 Å². The number of amides is 3. The molecule has 0 saturated heterocycles. The lowest BCUT2D eigenvalue weighted by molar-refractivity contribution is -0.384. The number of phenols is 1. The first-order valence-electron chi connectivity index (χ1n) is 9.15. The second kappa shape index (κ2) is 7.38. The number of nitro benzene ring substituents is 1. The van der Waals surface area contributed by atoms with Crippen molar-refractivity contribution in [3.8, 4) is 5.75 Å². The fraction of sp³-hybridized carbons (Fsp3) is 0.0455. The Morgan fingerprint density at radius 3 is 2.26 bits per heavy atom. The van der Waals surface area contributed by atoms with Gasteiger partial charge in [-0.05, 0) is 42.8 Å². The Balaban J connectivity index is 1.67. The molecule has 0 unspecified atom stereocenters. The van der Waals surface area contributed by atoms with Crippen LogP contribution in [0.1, 0.15) is 36.6 Å². The van der Waals surface area contributed by atoms with Crippen LogP contribution in [-0.2, 0) is 0 Å². The standard InChI is InChI=1S/C22H15N3O6/c1-12-6-7-13(20(27)23-17-11-14(25(30)31)8-9-19(17)26)10-18(12)24-21(28)15-4-2-3-5-16(15)22(24)29/h2-11,26H,1H3,(H,23,27). The third-order valence-electron chi connectivity index (χ3n) is 4.95. The maximum Gasteiger partial charge on any atom is 0.271 e. The van der Waals surface area contributed by atoms with Gasteiger partial charge in [-0.3, -0.25) is 24.5 Å². The second-order valence-corrected chi connectivity index (χ2v) is 6.91. The molecule has 9 nitrogen and oxygen atoms in total. The first-order chi connectivity index (χ1) is 14.8. The predicted octanol–water partition coefficient (Wildman–Crippen LogP) is 3.66. The van der Waals surface area contributed by atoms with Crippen molar-refractivity contribution < 1.29 is 24.4 Å². The molecule has 3 aromatic rings. The summed E-state index contributed by atoms with van der Waals surface area (Å²) >= 11 is 0. The highest BCUT2D eigenvalue weighted by molar-refractivity contribution is 6.34. The molecule has 3 amide bonds. The molecular weight excluding hydrogens is 402 g/mol. The minimum Gasteiger partial charge on any atom is -0.506 e. The van der Waals surface area contributed by atoms with E-state index < -0.39 is 22.6 Å². The highest BCUT2D eigenvalue weighted by Gasteiger charge is 2.37. The number of aromatic hydroxyl groups is 1. The molecule has 0 saturated carbocycles. The lowest BCUT2D eigenvalue weighted by atomic mass is 10.1. The number of benzene rings is 3. The molecule has 0 radical (unpaired) electrons. The lowest BCUT2D eigenvalue weighted by Crippen LogP contribution is -2.30. The Kier molecular flexibility index (Phi) is 4.70. The van der Waals surface area contributed by atoms with Crippen LogP contribution in [0.4, 0.5) is 17.1 Å². The maximum atomic E-state index is 12.8. The smallest absolute Gasteiger partial charge is 0.271 e. The molecule has 0 bridgehead atoms. The number of nitro groups is 1. The van der Waals surface area contributed by atoms with E-state index in [-0.39, 0.29) is 39.5 Å². The van der Waals surface area contributed by atoms with E-state index in [2.05, 4.69) is 5.32 Å². The summed E-state index contributed by atoms with van der Waals surface area (Å²) in [5, 5.41) is 23.3. The number of nitrogens with one attached hydrogen (secondary N) is 1. The van der Waals surface area contributed by atoms with Gasteiger partial charge >= 0.3 is 0 Å². The number of non-ortho nitro benzene ring substituents is 1. The quantitative estimate of drug-likeness (QED) is 0.288. The molecular formula is C22H15N3O6. The number of carbonyl (C=O) groups excluding carboxylic acids is 3. The predicted molar refractivity (Wildman–Crippen MR) is 111 cm³/mol. The van der Waals surface area contributed by atoms with Crippen LogP contribution in [0.2, 0.25) is 0 Å². The molecule has 4 rings (SSSR count). The van der Waals surface area contributed by atoms with E-state index in [1.807, 2.05) is 0 Å². The molecule has 154 valence electrons. The van der Waals surface area contributed by atoms with Gasteiger partial charge in [0.25, 0.3) is 23.4 Å². The largest absolute Gasteiger partial charge is 0.506 e. The molecule has 0 aromatic heterocycles. The first-order valence-corrected chi connectivity index (χ1v) is 9.15. The number of nitrogens with zero attached hydrogens (tertiary/aromatic N) is 2. The van der Waals surface area contributed by atoms with E-state index in [0.29, 0.717) is 5.56 Å². The fourth-order valence-corrected chi connectivity index (χ4v) is 3.33. The number of carbonyl (C=O) groups is 3.